The molecule has 0 amide bonds. The van der Waals surface area contributed by atoms with E-state index in [4.69, 9.17) is 0 Å². The second-order valence-electron chi connectivity index (χ2n) is 5.46. The molecule has 19 heavy (non-hydrogen) atoms. The van der Waals surface area contributed by atoms with Crippen LogP contribution in [0, 0.1) is 5.92 Å². The molecule has 1 aliphatic rings. The standard InChI is InChI=1S/C15H20F3N/c1-11-6-5-9-13(11)19-14(10-15(16,17)18)12-7-3-2-4-8-12/h2-4,7-8,11,13-14,19H,5-6,9-10H2,1H3. The average Bonchev–Trinajstić information content (AvgIpc) is 2.74. The fourth-order valence-electron chi connectivity index (χ4n) is 2.84. The molecule has 0 spiro atoms. The topological polar surface area (TPSA) is 12.0 Å². The smallest absolute Gasteiger partial charge is 0.307 e. The molecule has 3 atom stereocenters. The van der Waals surface area contributed by atoms with E-state index >= 15 is 0 Å². The highest BCUT2D eigenvalue weighted by Crippen LogP contribution is 2.33. The quantitative estimate of drug-likeness (QED) is 0.852. The molecule has 1 fully saturated rings. The highest BCUT2D eigenvalue weighted by Gasteiger charge is 2.35. The van der Waals surface area contributed by atoms with Crippen LogP contribution in [0.25, 0.3) is 0 Å². The Morgan fingerprint density at radius 2 is 1.89 bits per heavy atom. The van der Waals surface area contributed by atoms with Crippen LogP contribution >= 0.6 is 0 Å². The molecule has 0 bridgehead atoms. The molecule has 1 saturated carbocycles. The van der Waals surface area contributed by atoms with Crippen molar-refractivity contribution in [3.63, 3.8) is 0 Å². The van der Waals surface area contributed by atoms with Crippen LogP contribution in [0.4, 0.5) is 13.2 Å². The number of hydrogen-bond acceptors (Lipinski definition) is 1. The lowest BCUT2D eigenvalue weighted by Gasteiger charge is -2.27. The number of nitrogens with one attached hydrogen (secondary N) is 1. The van der Waals surface area contributed by atoms with Gasteiger partial charge in [0.15, 0.2) is 0 Å². The lowest BCUT2D eigenvalue weighted by Crippen LogP contribution is -2.36. The van der Waals surface area contributed by atoms with Crippen LogP contribution in [0.2, 0.25) is 0 Å². The summed E-state index contributed by atoms with van der Waals surface area (Å²) in [6, 6.07) is 8.51. The Kier molecular flexibility index (Phi) is 4.50. The summed E-state index contributed by atoms with van der Waals surface area (Å²) in [5.41, 5.74) is 0.721. The summed E-state index contributed by atoms with van der Waals surface area (Å²) in [6.07, 6.45) is -1.77. The fraction of sp³-hybridized carbons (Fsp3) is 0.600. The minimum Gasteiger partial charge on any atom is -0.307 e. The molecule has 1 N–H and O–H groups in total. The predicted molar refractivity (Wildman–Crippen MR) is 69.8 cm³/mol. The third-order valence-electron chi connectivity index (χ3n) is 3.91. The van der Waals surface area contributed by atoms with Gasteiger partial charge >= 0.3 is 6.18 Å². The Balaban J connectivity index is 2.10. The highest BCUT2D eigenvalue weighted by atomic mass is 19.4. The van der Waals surface area contributed by atoms with Gasteiger partial charge in [-0.25, -0.2) is 0 Å². The minimum absolute atomic E-state index is 0.201. The largest absolute Gasteiger partial charge is 0.390 e. The first-order valence-electron chi connectivity index (χ1n) is 6.83. The van der Waals surface area contributed by atoms with E-state index in [2.05, 4.69) is 12.2 Å². The van der Waals surface area contributed by atoms with Crippen LogP contribution in [0.1, 0.15) is 44.2 Å². The van der Waals surface area contributed by atoms with Crippen LogP contribution in [0.15, 0.2) is 30.3 Å². The van der Waals surface area contributed by atoms with E-state index < -0.39 is 18.6 Å². The Morgan fingerprint density at radius 1 is 1.21 bits per heavy atom. The van der Waals surface area contributed by atoms with E-state index in [0.29, 0.717) is 5.92 Å². The monoisotopic (exact) mass is 271 g/mol. The van der Waals surface area contributed by atoms with Crippen molar-refractivity contribution >= 4 is 0 Å². The molecular weight excluding hydrogens is 251 g/mol. The Hall–Kier alpha value is -1.03. The second-order valence-corrected chi connectivity index (χ2v) is 5.46. The van der Waals surface area contributed by atoms with Gasteiger partial charge in [-0.2, -0.15) is 13.2 Å². The number of halogens is 3. The van der Waals surface area contributed by atoms with Crippen molar-refractivity contribution in [1.82, 2.24) is 5.32 Å². The van der Waals surface area contributed by atoms with Gasteiger partial charge in [-0.3, -0.25) is 0 Å². The van der Waals surface area contributed by atoms with Gasteiger partial charge in [0.25, 0.3) is 0 Å². The number of benzene rings is 1. The molecule has 1 nitrogen and oxygen atoms in total. The maximum atomic E-state index is 12.7. The molecule has 0 radical (unpaired) electrons. The molecule has 0 saturated heterocycles. The summed E-state index contributed by atoms with van der Waals surface area (Å²) >= 11 is 0. The molecule has 1 aromatic rings. The van der Waals surface area contributed by atoms with Gasteiger partial charge in [0.2, 0.25) is 0 Å². The Bertz CT molecular complexity index is 388. The predicted octanol–water partition coefficient (Wildman–Crippen LogP) is 4.46. The fourth-order valence-corrected chi connectivity index (χ4v) is 2.84. The first kappa shape index (κ1) is 14.4. The SMILES string of the molecule is CC1CCCC1NC(CC(F)(F)F)c1ccccc1. The van der Waals surface area contributed by atoms with E-state index in [9.17, 15) is 13.2 Å². The van der Waals surface area contributed by atoms with Gasteiger partial charge in [-0.15, -0.1) is 0 Å². The van der Waals surface area contributed by atoms with Crippen molar-refractivity contribution in [2.75, 3.05) is 0 Å². The zero-order chi connectivity index (χ0) is 13.9. The van der Waals surface area contributed by atoms with E-state index in [1.165, 1.54) is 0 Å². The van der Waals surface area contributed by atoms with Gasteiger partial charge in [0, 0.05) is 12.1 Å². The molecule has 1 aliphatic carbocycles. The van der Waals surface area contributed by atoms with Crippen molar-refractivity contribution in [3.05, 3.63) is 35.9 Å². The van der Waals surface area contributed by atoms with E-state index in [1.54, 1.807) is 24.3 Å². The summed E-state index contributed by atoms with van der Waals surface area (Å²) in [4.78, 5) is 0. The first-order valence-corrected chi connectivity index (χ1v) is 6.83. The summed E-state index contributed by atoms with van der Waals surface area (Å²) in [5.74, 6) is 0.458. The van der Waals surface area contributed by atoms with Gasteiger partial charge in [-0.05, 0) is 24.3 Å². The minimum atomic E-state index is -4.14. The van der Waals surface area contributed by atoms with E-state index in [1.807, 2.05) is 6.07 Å². The first-order chi connectivity index (χ1) is 8.96. The van der Waals surface area contributed by atoms with Crippen LogP contribution in [-0.4, -0.2) is 12.2 Å². The number of hydrogen-bond donors (Lipinski definition) is 1. The third-order valence-corrected chi connectivity index (χ3v) is 3.91. The van der Waals surface area contributed by atoms with Gasteiger partial charge in [0.1, 0.15) is 0 Å². The third kappa shape index (κ3) is 4.23. The van der Waals surface area contributed by atoms with Gasteiger partial charge in [-0.1, -0.05) is 43.7 Å². The lowest BCUT2D eigenvalue weighted by molar-refractivity contribution is -0.141. The second kappa shape index (κ2) is 5.95. The van der Waals surface area contributed by atoms with Crippen LogP contribution in [-0.2, 0) is 0 Å². The molecular formula is C15H20F3N. The van der Waals surface area contributed by atoms with Crippen molar-refractivity contribution in [2.45, 2.75) is 50.9 Å². The molecule has 2 rings (SSSR count). The van der Waals surface area contributed by atoms with Crippen LogP contribution in [0.5, 0.6) is 0 Å². The number of rotatable bonds is 4. The lowest BCUT2D eigenvalue weighted by atomic mass is 9.99. The van der Waals surface area contributed by atoms with Gasteiger partial charge < -0.3 is 5.32 Å². The zero-order valence-electron chi connectivity index (χ0n) is 11.1. The molecule has 0 aliphatic heterocycles. The maximum Gasteiger partial charge on any atom is 0.390 e. The highest BCUT2D eigenvalue weighted by molar-refractivity contribution is 5.19. The molecule has 0 aromatic heterocycles. The van der Waals surface area contributed by atoms with Crippen molar-refractivity contribution in [3.8, 4) is 0 Å². The maximum absolute atomic E-state index is 12.7. The van der Waals surface area contributed by atoms with Crippen molar-refractivity contribution in [2.24, 2.45) is 5.92 Å². The average molecular weight is 271 g/mol. The summed E-state index contributed by atoms with van der Waals surface area (Å²) in [7, 11) is 0. The number of alkyl halides is 3. The summed E-state index contributed by atoms with van der Waals surface area (Å²) in [6.45, 7) is 2.11. The summed E-state index contributed by atoms with van der Waals surface area (Å²) in [5, 5.41) is 3.22. The van der Waals surface area contributed by atoms with E-state index in [0.717, 1.165) is 24.8 Å². The molecule has 3 unspecified atom stereocenters. The van der Waals surface area contributed by atoms with Gasteiger partial charge in [0.05, 0.1) is 6.42 Å². The van der Waals surface area contributed by atoms with Crippen molar-refractivity contribution in [1.29, 1.82) is 0 Å². The molecule has 1 aromatic carbocycles. The van der Waals surface area contributed by atoms with Crippen LogP contribution in [0.3, 0.4) is 0 Å². The normalized spacial score (nSPS) is 25.5. The molecule has 0 heterocycles. The molecule has 4 heteroatoms. The zero-order valence-corrected chi connectivity index (χ0v) is 11.1. The Morgan fingerprint density at radius 3 is 2.42 bits per heavy atom. The van der Waals surface area contributed by atoms with Crippen LogP contribution < -0.4 is 5.32 Å². The molecule has 106 valence electrons. The summed E-state index contributed by atoms with van der Waals surface area (Å²) < 4.78 is 38.2. The van der Waals surface area contributed by atoms with Crippen molar-refractivity contribution < 1.29 is 13.2 Å². The van der Waals surface area contributed by atoms with E-state index in [-0.39, 0.29) is 6.04 Å². The Labute approximate surface area is 112 Å².